The third kappa shape index (κ3) is 7.46. The maximum Gasteiger partial charge on any atom is 0.303 e. The Balaban J connectivity index is 3.45. The second-order valence-corrected chi connectivity index (χ2v) is 3.06. The average molecular weight is 200 g/mol. The molecule has 0 unspecified atom stereocenters. The second-order valence-electron chi connectivity index (χ2n) is 3.06. The summed E-state index contributed by atoms with van der Waals surface area (Å²) >= 11 is 0. The first-order valence-electron chi connectivity index (χ1n) is 4.73. The van der Waals surface area contributed by atoms with Crippen LogP contribution in [0.3, 0.4) is 0 Å². The molecule has 0 aliphatic rings. The van der Waals surface area contributed by atoms with Crippen molar-refractivity contribution < 1.29 is 19.1 Å². The van der Waals surface area contributed by atoms with Gasteiger partial charge < -0.3 is 4.74 Å². The molecule has 0 aromatic heterocycles. The van der Waals surface area contributed by atoms with Crippen LogP contribution in [0.25, 0.3) is 0 Å². The van der Waals surface area contributed by atoms with Crippen LogP contribution < -0.4 is 0 Å². The van der Waals surface area contributed by atoms with Crippen molar-refractivity contribution in [1.29, 1.82) is 0 Å². The van der Waals surface area contributed by atoms with E-state index in [2.05, 4.69) is 4.74 Å². The molecule has 0 radical (unpaired) electrons. The van der Waals surface area contributed by atoms with Crippen molar-refractivity contribution >= 4 is 17.5 Å². The maximum absolute atomic E-state index is 11.0. The zero-order chi connectivity index (χ0) is 11.0. The number of rotatable bonds is 7. The molecule has 0 aliphatic heterocycles. The van der Waals surface area contributed by atoms with Gasteiger partial charge >= 0.3 is 5.97 Å². The predicted octanol–water partition coefficient (Wildman–Crippen LogP) is 1.27. The van der Waals surface area contributed by atoms with E-state index in [1.165, 1.54) is 6.92 Å². The lowest BCUT2D eigenvalue weighted by molar-refractivity contribution is -0.145. The molecule has 4 heteroatoms. The van der Waals surface area contributed by atoms with Crippen molar-refractivity contribution in [3.8, 4) is 0 Å². The molecule has 0 N–H and O–H groups in total. The summed E-state index contributed by atoms with van der Waals surface area (Å²) in [5, 5.41) is 0. The van der Waals surface area contributed by atoms with Crippen LogP contribution in [-0.4, -0.2) is 24.1 Å². The Morgan fingerprint density at radius 2 is 1.64 bits per heavy atom. The maximum atomic E-state index is 11.0. The number of hydrogen-bond donors (Lipinski definition) is 0. The molecule has 0 saturated heterocycles. The Kier molecular flexibility index (Phi) is 6.62. The van der Waals surface area contributed by atoms with Gasteiger partial charge in [-0.15, -0.1) is 0 Å². The lowest BCUT2D eigenvalue weighted by Crippen LogP contribution is -2.11. The van der Waals surface area contributed by atoms with Gasteiger partial charge in [-0.05, 0) is 6.42 Å². The zero-order valence-corrected chi connectivity index (χ0v) is 8.67. The van der Waals surface area contributed by atoms with Crippen molar-refractivity contribution in [3.05, 3.63) is 0 Å². The van der Waals surface area contributed by atoms with E-state index in [9.17, 15) is 14.4 Å². The van der Waals surface area contributed by atoms with E-state index in [1.807, 2.05) is 0 Å². The second kappa shape index (κ2) is 7.24. The van der Waals surface area contributed by atoms with Gasteiger partial charge in [0, 0.05) is 26.2 Å². The van der Waals surface area contributed by atoms with Crippen LogP contribution >= 0.6 is 0 Å². The smallest absolute Gasteiger partial charge is 0.303 e. The number of esters is 1. The average Bonchev–Trinajstić information content (AvgIpc) is 2.14. The molecule has 14 heavy (non-hydrogen) atoms. The fourth-order valence-electron chi connectivity index (χ4n) is 0.914. The van der Waals surface area contributed by atoms with Gasteiger partial charge in [0.25, 0.3) is 0 Å². The molecular weight excluding hydrogens is 184 g/mol. The zero-order valence-electron chi connectivity index (χ0n) is 8.67. The molecule has 0 fully saturated rings. The minimum absolute atomic E-state index is 0.135. The number of carbonyl (C=O) groups excluding carboxylic acids is 3. The van der Waals surface area contributed by atoms with Gasteiger partial charge in [0.15, 0.2) is 5.78 Å². The Morgan fingerprint density at radius 3 is 2.14 bits per heavy atom. The Morgan fingerprint density at radius 1 is 1.07 bits per heavy atom. The lowest BCUT2D eigenvalue weighted by atomic mass is 10.1. The number of carbonyl (C=O) groups is 3. The van der Waals surface area contributed by atoms with E-state index in [4.69, 9.17) is 0 Å². The highest BCUT2D eigenvalue weighted by atomic mass is 16.5. The van der Waals surface area contributed by atoms with Crippen molar-refractivity contribution in [2.75, 3.05) is 6.61 Å². The Bertz CT molecular complexity index is 220. The predicted molar refractivity (Wildman–Crippen MR) is 50.8 cm³/mol. The van der Waals surface area contributed by atoms with E-state index in [0.717, 1.165) is 0 Å². The van der Waals surface area contributed by atoms with Gasteiger partial charge in [0.1, 0.15) is 12.4 Å². The summed E-state index contributed by atoms with van der Waals surface area (Å²) in [4.78, 5) is 32.2. The van der Waals surface area contributed by atoms with Crippen LogP contribution in [0.4, 0.5) is 0 Å². The van der Waals surface area contributed by atoms with Crippen molar-refractivity contribution in [2.24, 2.45) is 0 Å². The van der Waals surface area contributed by atoms with Crippen molar-refractivity contribution in [2.45, 2.75) is 39.5 Å². The van der Waals surface area contributed by atoms with Gasteiger partial charge in [-0.2, -0.15) is 0 Å². The minimum atomic E-state index is -0.456. The molecule has 80 valence electrons. The van der Waals surface area contributed by atoms with Crippen LogP contribution in [0, 0.1) is 0 Å². The quantitative estimate of drug-likeness (QED) is 0.580. The molecule has 0 rings (SSSR count). The molecule has 0 aliphatic carbocycles. The molecule has 0 heterocycles. The molecule has 0 spiro atoms. The van der Waals surface area contributed by atoms with Gasteiger partial charge in [0.2, 0.25) is 0 Å². The van der Waals surface area contributed by atoms with E-state index >= 15 is 0 Å². The van der Waals surface area contributed by atoms with Crippen LogP contribution in [0.1, 0.15) is 39.5 Å². The summed E-state index contributed by atoms with van der Waals surface area (Å²) in [6, 6.07) is 0. The first-order chi connectivity index (χ1) is 6.56. The Hall–Kier alpha value is -1.19. The van der Waals surface area contributed by atoms with Crippen LogP contribution in [-0.2, 0) is 19.1 Å². The number of ketones is 2. The Labute approximate surface area is 83.6 Å². The van der Waals surface area contributed by atoms with Gasteiger partial charge in [-0.3, -0.25) is 14.4 Å². The van der Waals surface area contributed by atoms with Crippen LogP contribution in [0.15, 0.2) is 0 Å². The molecule has 0 saturated carbocycles. The topological polar surface area (TPSA) is 60.4 Å². The van der Waals surface area contributed by atoms with Gasteiger partial charge in [-0.1, -0.05) is 6.92 Å². The largest absolute Gasteiger partial charge is 0.458 e. The van der Waals surface area contributed by atoms with E-state index < -0.39 is 5.97 Å². The molecule has 0 aromatic rings. The third-order valence-corrected chi connectivity index (χ3v) is 1.74. The summed E-state index contributed by atoms with van der Waals surface area (Å²) < 4.78 is 4.51. The summed E-state index contributed by atoms with van der Waals surface area (Å²) in [7, 11) is 0. The van der Waals surface area contributed by atoms with E-state index in [1.54, 1.807) is 6.92 Å². The summed E-state index contributed by atoms with van der Waals surface area (Å²) in [6.45, 7) is 2.88. The van der Waals surface area contributed by atoms with E-state index in [0.29, 0.717) is 25.7 Å². The fraction of sp³-hybridized carbons (Fsp3) is 0.700. The van der Waals surface area contributed by atoms with Gasteiger partial charge in [-0.25, -0.2) is 0 Å². The monoisotopic (exact) mass is 200 g/mol. The fourth-order valence-corrected chi connectivity index (χ4v) is 0.914. The molecular formula is C10H16O4. The van der Waals surface area contributed by atoms with Gasteiger partial charge in [0.05, 0.1) is 0 Å². The standard InChI is InChI=1S/C10H16O4/c1-3-9(12)5-4-6-10(13)7-14-8(2)11/h3-7H2,1-2H3. The summed E-state index contributed by atoms with van der Waals surface area (Å²) in [5.41, 5.74) is 0. The molecule has 0 aromatic carbocycles. The summed E-state index contributed by atoms with van der Waals surface area (Å²) in [6.07, 6.45) is 1.80. The van der Waals surface area contributed by atoms with Crippen molar-refractivity contribution in [1.82, 2.24) is 0 Å². The SMILES string of the molecule is CCC(=O)CCCC(=O)COC(C)=O. The van der Waals surface area contributed by atoms with E-state index in [-0.39, 0.29) is 18.2 Å². The number of hydrogen-bond acceptors (Lipinski definition) is 4. The van der Waals surface area contributed by atoms with Crippen LogP contribution in [0.5, 0.6) is 0 Å². The van der Waals surface area contributed by atoms with Crippen molar-refractivity contribution in [3.63, 3.8) is 0 Å². The minimum Gasteiger partial charge on any atom is -0.458 e. The first-order valence-corrected chi connectivity index (χ1v) is 4.73. The highest BCUT2D eigenvalue weighted by molar-refractivity contribution is 5.83. The first kappa shape index (κ1) is 12.8. The number of Topliss-reactive ketones (excluding diaryl/α,β-unsaturated/α-hetero) is 2. The summed E-state index contributed by atoms with van der Waals surface area (Å²) in [5.74, 6) is -0.433. The highest BCUT2D eigenvalue weighted by Gasteiger charge is 2.05. The molecule has 0 atom stereocenters. The van der Waals surface area contributed by atoms with Crippen LogP contribution in [0.2, 0.25) is 0 Å². The lowest BCUT2D eigenvalue weighted by Gasteiger charge is -2.00. The molecule has 0 bridgehead atoms. The molecule has 4 nitrogen and oxygen atoms in total. The number of ether oxygens (including phenoxy) is 1. The highest BCUT2D eigenvalue weighted by Crippen LogP contribution is 2.00. The third-order valence-electron chi connectivity index (χ3n) is 1.74. The molecule has 0 amide bonds. The normalized spacial score (nSPS) is 9.57.